The van der Waals surface area contributed by atoms with Gasteiger partial charge in [0.05, 0.1) is 0 Å². The molecule has 0 bridgehead atoms. The van der Waals surface area contributed by atoms with E-state index in [4.69, 9.17) is 4.74 Å². The zero-order valence-corrected chi connectivity index (χ0v) is 15.2. The molecule has 0 aliphatic carbocycles. The maximum Gasteiger partial charge on any atom is 0.271 e. The molecule has 0 spiro atoms. The molecule has 5 heteroatoms. The summed E-state index contributed by atoms with van der Waals surface area (Å²) in [6.07, 6.45) is 2.63. The Morgan fingerprint density at radius 3 is 2.50 bits per heavy atom. The number of amides is 1. The van der Waals surface area contributed by atoms with Gasteiger partial charge in [0, 0.05) is 12.2 Å². The molecular formula is C19H27N3O2. The Morgan fingerprint density at radius 2 is 1.92 bits per heavy atom. The summed E-state index contributed by atoms with van der Waals surface area (Å²) in [4.78, 5) is 12.0. The molecule has 0 saturated heterocycles. The van der Waals surface area contributed by atoms with Crippen LogP contribution in [0, 0.1) is 0 Å². The van der Waals surface area contributed by atoms with Crippen molar-refractivity contribution in [1.82, 2.24) is 15.1 Å². The van der Waals surface area contributed by atoms with E-state index >= 15 is 0 Å². The second-order valence-corrected chi connectivity index (χ2v) is 7.07. The van der Waals surface area contributed by atoms with Gasteiger partial charge in [0.1, 0.15) is 11.4 Å². The van der Waals surface area contributed by atoms with Gasteiger partial charge in [-0.3, -0.25) is 4.79 Å². The Bertz CT molecular complexity index is 669. The molecule has 24 heavy (non-hydrogen) atoms. The minimum atomic E-state index is -0.155. The van der Waals surface area contributed by atoms with Crippen molar-refractivity contribution in [2.75, 3.05) is 0 Å². The first-order valence-electron chi connectivity index (χ1n) is 8.37. The zero-order valence-electron chi connectivity index (χ0n) is 15.2. The molecule has 5 nitrogen and oxygen atoms in total. The summed E-state index contributed by atoms with van der Waals surface area (Å²) in [6.45, 7) is 10.8. The van der Waals surface area contributed by atoms with Gasteiger partial charge < -0.3 is 10.1 Å². The van der Waals surface area contributed by atoms with Gasteiger partial charge in [-0.05, 0) is 42.5 Å². The summed E-state index contributed by atoms with van der Waals surface area (Å²) in [5, 5.41) is 7.15. The average molecular weight is 329 g/mol. The van der Waals surface area contributed by atoms with Gasteiger partial charge in [-0.2, -0.15) is 5.10 Å². The number of aromatic nitrogens is 2. The van der Waals surface area contributed by atoms with Gasteiger partial charge >= 0.3 is 0 Å². The average Bonchev–Trinajstić information content (AvgIpc) is 3.01. The van der Waals surface area contributed by atoms with E-state index in [1.54, 1.807) is 16.9 Å². The molecular weight excluding hydrogens is 302 g/mol. The van der Waals surface area contributed by atoms with Crippen LogP contribution in [0.5, 0.6) is 5.75 Å². The first-order chi connectivity index (χ1) is 11.3. The number of hydrogen-bond acceptors (Lipinski definition) is 3. The van der Waals surface area contributed by atoms with Crippen molar-refractivity contribution in [1.29, 1.82) is 0 Å². The standard InChI is InChI=1S/C19H27N3O2/c1-6-14(2)20-18(23)17-11-12-22(21-17)13-24-16-9-7-15(8-10-16)19(3,4)5/h7-12,14H,6,13H2,1-5H3,(H,20,23). The highest BCUT2D eigenvalue weighted by Crippen LogP contribution is 2.24. The number of nitrogens with one attached hydrogen (secondary N) is 1. The first-order valence-corrected chi connectivity index (χ1v) is 8.37. The van der Waals surface area contributed by atoms with Gasteiger partial charge in [-0.15, -0.1) is 0 Å². The SMILES string of the molecule is CCC(C)NC(=O)c1ccn(COc2ccc(C(C)(C)C)cc2)n1. The fraction of sp³-hybridized carbons (Fsp3) is 0.474. The Hall–Kier alpha value is -2.30. The molecule has 0 saturated carbocycles. The van der Waals surface area contributed by atoms with Crippen LogP contribution >= 0.6 is 0 Å². The lowest BCUT2D eigenvalue weighted by Crippen LogP contribution is -2.32. The molecule has 0 aliphatic rings. The molecule has 1 aromatic carbocycles. The highest BCUT2D eigenvalue weighted by molar-refractivity contribution is 5.92. The largest absolute Gasteiger partial charge is 0.471 e. The van der Waals surface area contributed by atoms with Crippen molar-refractivity contribution in [3.05, 3.63) is 47.8 Å². The lowest BCUT2D eigenvalue weighted by Gasteiger charge is -2.19. The molecule has 1 atom stereocenters. The van der Waals surface area contributed by atoms with Crippen molar-refractivity contribution in [2.45, 2.75) is 59.2 Å². The molecule has 0 aliphatic heterocycles. The number of ether oxygens (including phenoxy) is 1. The topological polar surface area (TPSA) is 56.2 Å². The van der Waals surface area contributed by atoms with Crippen LogP contribution in [0.2, 0.25) is 0 Å². The van der Waals surface area contributed by atoms with Gasteiger partial charge in [-0.25, -0.2) is 4.68 Å². The summed E-state index contributed by atoms with van der Waals surface area (Å²) in [5.74, 6) is 0.627. The van der Waals surface area contributed by atoms with E-state index in [1.165, 1.54) is 5.56 Å². The molecule has 1 unspecified atom stereocenters. The number of carbonyl (C=O) groups excluding carboxylic acids is 1. The smallest absolute Gasteiger partial charge is 0.271 e. The maximum absolute atomic E-state index is 12.0. The number of rotatable bonds is 6. The van der Waals surface area contributed by atoms with Gasteiger partial charge in [0.15, 0.2) is 6.73 Å². The zero-order chi connectivity index (χ0) is 17.7. The van der Waals surface area contributed by atoms with E-state index in [9.17, 15) is 4.79 Å². The number of nitrogens with zero attached hydrogens (tertiary/aromatic N) is 2. The van der Waals surface area contributed by atoms with Gasteiger partial charge in [0.2, 0.25) is 0 Å². The molecule has 1 heterocycles. The monoisotopic (exact) mass is 329 g/mol. The van der Waals surface area contributed by atoms with E-state index in [0.29, 0.717) is 5.69 Å². The highest BCUT2D eigenvalue weighted by Gasteiger charge is 2.13. The molecule has 1 aromatic heterocycles. The summed E-state index contributed by atoms with van der Waals surface area (Å²) in [7, 11) is 0. The summed E-state index contributed by atoms with van der Waals surface area (Å²) in [5.41, 5.74) is 1.79. The predicted molar refractivity (Wildman–Crippen MR) is 95.2 cm³/mol. The number of hydrogen-bond donors (Lipinski definition) is 1. The van der Waals surface area contributed by atoms with Crippen molar-refractivity contribution in [3.8, 4) is 5.75 Å². The molecule has 0 fully saturated rings. The van der Waals surface area contributed by atoms with Crippen LogP contribution in [-0.4, -0.2) is 21.7 Å². The van der Waals surface area contributed by atoms with E-state index in [2.05, 4.69) is 43.3 Å². The predicted octanol–water partition coefficient (Wildman–Crippen LogP) is 3.75. The van der Waals surface area contributed by atoms with Crippen LogP contribution in [0.1, 0.15) is 57.1 Å². The normalized spacial score (nSPS) is 12.7. The minimum Gasteiger partial charge on any atom is -0.471 e. The minimum absolute atomic E-state index is 0.123. The van der Waals surface area contributed by atoms with Crippen molar-refractivity contribution in [2.24, 2.45) is 0 Å². The van der Waals surface area contributed by atoms with Crippen LogP contribution in [-0.2, 0) is 12.1 Å². The third-order valence-electron chi connectivity index (χ3n) is 3.95. The first kappa shape index (κ1) is 18.0. The van der Waals surface area contributed by atoms with E-state index in [1.807, 2.05) is 26.0 Å². The molecule has 2 rings (SSSR count). The third-order valence-corrected chi connectivity index (χ3v) is 3.95. The molecule has 2 aromatic rings. The Labute approximate surface area is 144 Å². The summed E-state index contributed by atoms with van der Waals surface area (Å²) >= 11 is 0. The lowest BCUT2D eigenvalue weighted by atomic mass is 9.87. The second-order valence-electron chi connectivity index (χ2n) is 7.07. The second kappa shape index (κ2) is 7.51. The number of carbonyl (C=O) groups is 1. The van der Waals surface area contributed by atoms with Crippen LogP contribution in [0.3, 0.4) is 0 Å². The maximum atomic E-state index is 12.0. The van der Waals surface area contributed by atoms with Crippen LogP contribution < -0.4 is 10.1 Å². The summed E-state index contributed by atoms with van der Waals surface area (Å²) in [6, 6.07) is 9.90. The quantitative estimate of drug-likeness (QED) is 0.878. The fourth-order valence-electron chi connectivity index (χ4n) is 2.15. The van der Waals surface area contributed by atoms with Crippen LogP contribution in [0.25, 0.3) is 0 Å². The number of benzene rings is 1. The molecule has 0 radical (unpaired) electrons. The lowest BCUT2D eigenvalue weighted by molar-refractivity contribution is 0.0932. The van der Waals surface area contributed by atoms with Gasteiger partial charge in [0.25, 0.3) is 5.91 Å². The fourth-order valence-corrected chi connectivity index (χ4v) is 2.15. The molecule has 1 N–H and O–H groups in total. The molecule has 1 amide bonds. The van der Waals surface area contributed by atoms with Gasteiger partial charge in [-0.1, -0.05) is 39.8 Å². The summed E-state index contributed by atoms with van der Waals surface area (Å²) < 4.78 is 7.34. The van der Waals surface area contributed by atoms with Crippen LogP contribution in [0.15, 0.2) is 36.5 Å². The Kier molecular flexibility index (Phi) is 5.65. The Balaban J connectivity index is 1.92. The highest BCUT2D eigenvalue weighted by atomic mass is 16.5. The van der Waals surface area contributed by atoms with Crippen molar-refractivity contribution >= 4 is 5.91 Å². The van der Waals surface area contributed by atoms with Crippen molar-refractivity contribution < 1.29 is 9.53 Å². The van der Waals surface area contributed by atoms with Crippen molar-refractivity contribution in [3.63, 3.8) is 0 Å². The van der Waals surface area contributed by atoms with E-state index < -0.39 is 0 Å². The van der Waals surface area contributed by atoms with Crippen LogP contribution in [0.4, 0.5) is 0 Å². The molecule has 130 valence electrons. The van der Waals surface area contributed by atoms with E-state index in [-0.39, 0.29) is 24.1 Å². The van der Waals surface area contributed by atoms with E-state index in [0.717, 1.165) is 12.2 Å². The third kappa shape index (κ3) is 4.85. The Morgan fingerprint density at radius 1 is 1.25 bits per heavy atom.